The summed E-state index contributed by atoms with van der Waals surface area (Å²) in [6, 6.07) is -0.350. The fourth-order valence-corrected chi connectivity index (χ4v) is 2.85. The average molecular weight is 323 g/mol. The van der Waals surface area contributed by atoms with Crippen LogP contribution >= 0.6 is 0 Å². The van der Waals surface area contributed by atoms with Gasteiger partial charge in [-0.2, -0.15) is 4.98 Å². The second-order valence-electron chi connectivity index (χ2n) is 5.85. The maximum absolute atomic E-state index is 12.1. The van der Waals surface area contributed by atoms with Crippen molar-refractivity contribution in [1.29, 1.82) is 0 Å². The molecule has 2 N–H and O–H groups in total. The summed E-state index contributed by atoms with van der Waals surface area (Å²) in [5.74, 6) is 0.128. The van der Waals surface area contributed by atoms with Crippen LogP contribution in [0.3, 0.4) is 0 Å². The largest absolute Gasteiger partial charge is 0.394 e. The van der Waals surface area contributed by atoms with Crippen LogP contribution in [0.2, 0.25) is 0 Å². The lowest BCUT2D eigenvalue weighted by Crippen LogP contribution is -2.43. The summed E-state index contributed by atoms with van der Waals surface area (Å²) in [7, 11) is 0. The molecule has 0 radical (unpaired) electrons. The van der Waals surface area contributed by atoms with Gasteiger partial charge < -0.3 is 19.8 Å². The van der Waals surface area contributed by atoms with E-state index in [1.165, 1.54) is 10.9 Å². The fourth-order valence-electron chi connectivity index (χ4n) is 2.85. The van der Waals surface area contributed by atoms with E-state index in [1.54, 1.807) is 6.34 Å². The molecule has 0 aromatic carbocycles. The molecule has 0 bridgehead atoms. The van der Waals surface area contributed by atoms with Gasteiger partial charge in [-0.3, -0.25) is 4.57 Å². The summed E-state index contributed by atoms with van der Waals surface area (Å²) in [5.41, 5.74) is -0.475. The molecule has 0 saturated carbocycles. The highest BCUT2D eigenvalue weighted by atomic mass is 16.5. The van der Waals surface area contributed by atoms with Gasteiger partial charge in [0.2, 0.25) is 0 Å². The van der Waals surface area contributed by atoms with Gasteiger partial charge in [0.15, 0.2) is 0 Å². The predicted molar refractivity (Wildman–Crippen MR) is 81.7 cm³/mol. The number of aromatic nitrogens is 3. The summed E-state index contributed by atoms with van der Waals surface area (Å²) in [6.45, 7) is 1.90. The van der Waals surface area contributed by atoms with E-state index in [4.69, 9.17) is 9.84 Å². The van der Waals surface area contributed by atoms with Gasteiger partial charge in [-0.15, -0.1) is 0 Å². The maximum Gasteiger partial charge on any atom is 0.352 e. The Morgan fingerprint density at radius 1 is 1.43 bits per heavy atom. The number of nitrogens with zero attached hydrogens (tertiary/aromatic N) is 5. The topological polar surface area (TPSA) is 113 Å². The van der Waals surface area contributed by atoms with Gasteiger partial charge >= 0.3 is 5.69 Å². The summed E-state index contributed by atoms with van der Waals surface area (Å²) >= 11 is 0. The molecule has 1 aromatic heterocycles. The molecule has 1 aromatic rings. The first kappa shape index (κ1) is 16.0. The second-order valence-corrected chi connectivity index (χ2v) is 5.85. The lowest BCUT2D eigenvalue weighted by atomic mass is 10.0. The molecule has 1 unspecified atom stereocenters. The first-order valence-electron chi connectivity index (χ1n) is 7.81. The number of aliphatic hydroxyl groups is 2. The zero-order valence-corrected chi connectivity index (χ0v) is 12.8. The number of likely N-dealkylation sites (tertiary alicyclic amines) is 1. The minimum absolute atomic E-state index is 0.128. The van der Waals surface area contributed by atoms with Crippen molar-refractivity contribution in [2.45, 2.75) is 37.5 Å². The third-order valence-corrected chi connectivity index (χ3v) is 4.21. The Labute approximate surface area is 133 Å². The van der Waals surface area contributed by atoms with Crippen molar-refractivity contribution in [2.75, 3.05) is 26.3 Å². The lowest BCUT2D eigenvalue weighted by molar-refractivity contribution is -0.113. The molecule has 0 amide bonds. The molecular weight excluding hydrogens is 302 g/mol. The number of aliphatic imine (C=N–C) groups is 1. The van der Waals surface area contributed by atoms with Gasteiger partial charge in [0.1, 0.15) is 12.4 Å². The molecule has 23 heavy (non-hydrogen) atoms. The van der Waals surface area contributed by atoms with Gasteiger partial charge in [-0.1, -0.05) is 0 Å². The monoisotopic (exact) mass is 323 g/mol. The Morgan fingerprint density at radius 2 is 2.22 bits per heavy atom. The number of rotatable bonds is 4. The summed E-state index contributed by atoms with van der Waals surface area (Å²) in [5, 5.41) is 18.9. The molecular formula is C14H21N5O4. The van der Waals surface area contributed by atoms with Gasteiger partial charge in [0.25, 0.3) is 5.95 Å². The van der Waals surface area contributed by atoms with Crippen LogP contribution in [0.4, 0.5) is 5.95 Å². The standard InChI is InChI=1S/C14H21N5O4/c20-6-12-11(21)5-10(7-23-12)19-9-16-13(17-14(19)22)15-8-18-3-1-2-4-18/h8-12,20-21H,1-7H2/b15-8+/t10?,11-,12+/m0/s1. The Morgan fingerprint density at radius 3 is 2.87 bits per heavy atom. The molecule has 126 valence electrons. The zero-order chi connectivity index (χ0) is 16.2. The summed E-state index contributed by atoms with van der Waals surface area (Å²) in [4.78, 5) is 26.3. The highest BCUT2D eigenvalue weighted by Crippen LogP contribution is 2.22. The van der Waals surface area contributed by atoms with Crippen molar-refractivity contribution >= 4 is 12.3 Å². The second kappa shape index (κ2) is 7.16. The number of aliphatic hydroxyl groups excluding tert-OH is 2. The van der Waals surface area contributed by atoms with Crippen molar-refractivity contribution in [3.05, 3.63) is 16.8 Å². The zero-order valence-electron chi connectivity index (χ0n) is 12.8. The van der Waals surface area contributed by atoms with Crippen molar-refractivity contribution in [1.82, 2.24) is 19.4 Å². The molecule has 3 heterocycles. The minimum Gasteiger partial charge on any atom is -0.394 e. The van der Waals surface area contributed by atoms with Crippen LogP contribution in [0.5, 0.6) is 0 Å². The molecule has 2 fully saturated rings. The van der Waals surface area contributed by atoms with E-state index >= 15 is 0 Å². The van der Waals surface area contributed by atoms with Crippen molar-refractivity contribution in [3.8, 4) is 0 Å². The molecule has 0 aliphatic carbocycles. The minimum atomic E-state index is -0.821. The van der Waals surface area contributed by atoms with E-state index in [0.717, 1.165) is 25.9 Å². The van der Waals surface area contributed by atoms with E-state index in [9.17, 15) is 9.90 Å². The first-order valence-corrected chi connectivity index (χ1v) is 7.81. The van der Waals surface area contributed by atoms with Crippen LogP contribution < -0.4 is 5.69 Å². The van der Waals surface area contributed by atoms with E-state index in [-0.39, 0.29) is 25.2 Å². The maximum atomic E-state index is 12.1. The van der Waals surface area contributed by atoms with E-state index in [1.807, 2.05) is 0 Å². The third-order valence-electron chi connectivity index (χ3n) is 4.21. The first-order chi connectivity index (χ1) is 11.2. The Bertz CT molecular complexity index is 613. The van der Waals surface area contributed by atoms with Crippen molar-refractivity contribution in [2.24, 2.45) is 4.99 Å². The third kappa shape index (κ3) is 3.74. The summed E-state index contributed by atoms with van der Waals surface area (Å²) in [6.07, 6.45) is 4.23. The lowest BCUT2D eigenvalue weighted by Gasteiger charge is -2.32. The smallest absolute Gasteiger partial charge is 0.352 e. The van der Waals surface area contributed by atoms with Crippen LogP contribution in [0.1, 0.15) is 25.3 Å². The highest BCUT2D eigenvalue weighted by Gasteiger charge is 2.31. The van der Waals surface area contributed by atoms with Gasteiger partial charge in [-0.05, 0) is 19.3 Å². The fraction of sp³-hybridized carbons (Fsp3) is 0.714. The van der Waals surface area contributed by atoms with Crippen molar-refractivity contribution < 1.29 is 14.9 Å². The molecule has 3 rings (SSSR count). The molecule has 2 saturated heterocycles. The van der Waals surface area contributed by atoms with Gasteiger partial charge in [0, 0.05) is 13.1 Å². The molecule has 9 heteroatoms. The Balaban J connectivity index is 1.68. The van der Waals surface area contributed by atoms with Crippen LogP contribution in [0, 0.1) is 0 Å². The molecule has 3 atom stereocenters. The normalized spacial score (nSPS) is 28.6. The predicted octanol–water partition coefficient (Wildman–Crippen LogP) is -0.923. The van der Waals surface area contributed by atoms with Gasteiger partial charge in [-0.25, -0.2) is 14.8 Å². The molecule has 2 aliphatic heterocycles. The van der Waals surface area contributed by atoms with Crippen LogP contribution in [-0.2, 0) is 4.74 Å². The van der Waals surface area contributed by atoms with Crippen molar-refractivity contribution in [3.63, 3.8) is 0 Å². The van der Waals surface area contributed by atoms with E-state index in [2.05, 4.69) is 19.9 Å². The van der Waals surface area contributed by atoms with Crippen LogP contribution in [-0.4, -0.2) is 74.5 Å². The summed E-state index contributed by atoms with van der Waals surface area (Å²) < 4.78 is 6.69. The number of ether oxygens (including phenoxy) is 1. The van der Waals surface area contributed by atoms with Crippen LogP contribution in [0.15, 0.2) is 16.1 Å². The Hall–Kier alpha value is -1.84. The molecule has 2 aliphatic rings. The Kier molecular flexibility index (Phi) is 4.99. The van der Waals surface area contributed by atoms with Crippen LogP contribution in [0.25, 0.3) is 0 Å². The molecule has 9 nitrogen and oxygen atoms in total. The highest BCUT2D eigenvalue weighted by molar-refractivity contribution is 5.58. The number of hydrogen-bond donors (Lipinski definition) is 2. The van der Waals surface area contributed by atoms with Gasteiger partial charge in [0.05, 0.1) is 31.7 Å². The number of hydrogen-bond acceptors (Lipinski definition) is 7. The quantitative estimate of drug-likeness (QED) is 0.544. The molecule has 0 spiro atoms. The van der Waals surface area contributed by atoms with E-state index < -0.39 is 17.9 Å². The average Bonchev–Trinajstić information content (AvgIpc) is 3.06. The van der Waals surface area contributed by atoms with E-state index in [0.29, 0.717) is 6.42 Å². The SMILES string of the molecule is O=c1nc(/N=C/N2CCCC2)ncn1C1CO[C@H](CO)[C@@H](O)C1.